The minimum Gasteiger partial charge on any atom is -0.309 e. The van der Waals surface area contributed by atoms with Crippen LogP contribution >= 0.6 is 23.2 Å². The molecule has 6 aromatic carbocycles. The first kappa shape index (κ1) is 23.6. The van der Waals surface area contributed by atoms with Crippen molar-refractivity contribution < 1.29 is 0 Å². The first-order valence-electron chi connectivity index (χ1n) is 13.4. The fraction of sp³-hybridized carbons (Fsp3) is 0.0270. The second kappa shape index (κ2) is 8.86. The van der Waals surface area contributed by atoms with Gasteiger partial charge in [-0.3, -0.25) is 0 Å². The van der Waals surface area contributed by atoms with Crippen molar-refractivity contribution in [2.24, 2.45) is 0 Å². The fourth-order valence-corrected chi connectivity index (χ4v) is 7.45. The first-order valence-corrected chi connectivity index (χ1v) is 14.2. The van der Waals surface area contributed by atoms with E-state index < -0.39 is 5.41 Å². The highest BCUT2D eigenvalue weighted by Gasteiger charge is 2.47. The topological polar surface area (TPSA) is 4.93 Å². The van der Waals surface area contributed by atoms with Gasteiger partial charge >= 0.3 is 0 Å². The van der Waals surface area contributed by atoms with Crippen LogP contribution in [0.1, 0.15) is 22.3 Å². The van der Waals surface area contributed by atoms with Crippen LogP contribution in [0.4, 0.5) is 0 Å². The van der Waals surface area contributed by atoms with Gasteiger partial charge in [0.2, 0.25) is 0 Å². The summed E-state index contributed by atoms with van der Waals surface area (Å²) in [6.07, 6.45) is 0. The van der Waals surface area contributed by atoms with E-state index in [0.717, 1.165) is 22.4 Å². The Morgan fingerprint density at radius 3 is 2.00 bits per heavy atom. The molecule has 1 heterocycles. The van der Waals surface area contributed by atoms with Gasteiger partial charge in [-0.15, -0.1) is 0 Å². The predicted octanol–water partition coefficient (Wildman–Crippen LogP) is 10.5. The number of aromatic nitrogens is 1. The van der Waals surface area contributed by atoms with Crippen molar-refractivity contribution in [2.45, 2.75) is 5.41 Å². The van der Waals surface area contributed by atoms with Crippen LogP contribution in [0.15, 0.2) is 140 Å². The zero-order valence-corrected chi connectivity index (χ0v) is 23.0. The van der Waals surface area contributed by atoms with E-state index in [-0.39, 0.29) is 0 Å². The maximum atomic E-state index is 6.96. The minimum absolute atomic E-state index is 0.578. The van der Waals surface area contributed by atoms with Crippen LogP contribution in [0.3, 0.4) is 0 Å². The Kier molecular flexibility index (Phi) is 5.22. The van der Waals surface area contributed by atoms with Crippen LogP contribution in [-0.4, -0.2) is 4.57 Å². The summed E-state index contributed by atoms with van der Waals surface area (Å²) >= 11 is 13.7. The predicted molar refractivity (Wildman–Crippen MR) is 168 cm³/mol. The van der Waals surface area contributed by atoms with Crippen molar-refractivity contribution in [3.05, 3.63) is 172 Å². The standard InChI is InChI=1S/C37H23Cl2N/c38-26-22-32-36(33(39)23-26)29-16-7-9-17-31(29)37(32,24-11-3-1-4-12-24)25-19-20-35-30(21-25)28-15-8-10-18-34(28)40(35)27-13-5-2-6-14-27/h1-23H. The zero-order valence-electron chi connectivity index (χ0n) is 21.5. The second-order valence-electron chi connectivity index (χ2n) is 10.4. The fourth-order valence-electron chi connectivity index (χ4n) is 6.85. The van der Waals surface area contributed by atoms with Crippen molar-refractivity contribution in [2.75, 3.05) is 0 Å². The summed E-state index contributed by atoms with van der Waals surface area (Å²) in [6.45, 7) is 0. The molecule has 190 valence electrons. The van der Waals surface area contributed by atoms with E-state index in [2.05, 4.69) is 138 Å². The van der Waals surface area contributed by atoms with Gasteiger partial charge in [-0.1, -0.05) is 120 Å². The maximum absolute atomic E-state index is 6.96. The number of para-hydroxylation sites is 2. The molecule has 1 unspecified atom stereocenters. The number of rotatable bonds is 3. The SMILES string of the molecule is Clc1cc(Cl)c2c(c1)C(c1ccccc1)(c1ccc3c(c1)c1ccccc1n3-c1ccccc1)c1ccccc1-2. The first-order chi connectivity index (χ1) is 19.7. The molecule has 8 rings (SSSR count). The molecule has 0 spiro atoms. The van der Waals surface area contributed by atoms with Crippen LogP contribution in [-0.2, 0) is 5.41 Å². The molecule has 0 amide bonds. The van der Waals surface area contributed by atoms with E-state index >= 15 is 0 Å². The third kappa shape index (κ3) is 3.17. The largest absolute Gasteiger partial charge is 0.309 e. The number of hydrogen-bond donors (Lipinski definition) is 0. The third-order valence-electron chi connectivity index (χ3n) is 8.39. The van der Waals surface area contributed by atoms with E-state index in [4.69, 9.17) is 23.2 Å². The van der Waals surface area contributed by atoms with E-state index in [0.29, 0.717) is 10.0 Å². The lowest BCUT2D eigenvalue weighted by Gasteiger charge is -2.34. The molecule has 1 aliphatic rings. The molecule has 0 aliphatic heterocycles. The Balaban J connectivity index is 1.53. The third-order valence-corrected chi connectivity index (χ3v) is 8.90. The molecule has 0 radical (unpaired) electrons. The van der Waals surface area contributed by atoms with E-state index in [1.54, 1.807) is 0 Å². The normalized spacial score (nSPS) is 15.8. The summed E-state index contributed by atoms with van der Waals surface area (Å²) in [4.78, 5) is 0. The van der Waals surface area contributed by atoms with Crippen LogP contribution in [0, 0.1) is 0 Å². The lowest BCUT2D eigenvalue weighted by atomic mass is 9.67. The monoisotopic (exact) mass is 551 g/mol. The molecular formula is C37H23Cl2N. The molecule has 0 saturated carbocycles. The van der Waals surface area contributed by atoms with E-state index in [1.165, 1.54) is 38.5 Å². The number of nitrogens with zero attached hydrogens (tertiary/aromatic N) is 1. The number of fused-ring (bicyclic) bond motifs is 6. The highest BCUT2D eigenvalue weighted by Crippen LogP contribution is 2.58. The Morgan fingerprint density at radius 2 is 1.18 bits per heavy atom. The molecule has 1 nitrogen and oxygen atoms in total. The van der Waals surface area contributed by atoms with Crippen LogP contribution in [0.5, 0.6) is 0 Å². The lowest BCUT2D eigenvalue weighted by Crippen LogP contribution is -2.28. The average molecular weight is 553 g/mol. The van der Waals surface area contributed by atoms with Crippen molar-refractivity contribution in [3.8, 4) is 16.8 Å². The molecular weight excluding hydrogens is 529 g/mol. The lowest BCUT2D eigenvalue weighted by molar-refractivity contribution is 0.770. The summed E-state index contributed by atoms with van der Waals surface area (Å²) in [5, 5.41) is 3.75. The molecule has 40 heavy (non-hydrogen) atoms. The van der Waals surface area contributed by atoms with Gasteiger partial charge in [0.15, 0.2) is 0 Å². The molecule has 7 aromatic rings. The molecule has 1 aromatic heterocycles. The van der Waals surface area contributed by atoms with Crippen LogP contribution in [0.25, 0.3) is 38.6 Å². The zero-order chi connectivity index (χ0) is 26.8. The molecule has 0 saturated heterocycles. The molecule has 1 atom stereocenters. The number of hydrogen-bond acceptors (Lipinski definition) is 0. The van der Waals surface area contributed by atoms with Gasteiger partial charge in [0.1, 0.15) is 0 Å². The van der Waals surface area contributed by atoms with Crippen LogP contribution in [0.2, 0.25) is 10.0 Å². The van der Waals surface area contributed by atoms with Gasteiger partial charge in [0, 0.05) is 27.0 Å². The number of halogens is 2. The van der Waals surface area contributed by atoms with Gasteiger partial charge in [0.05, 0.1) is 21.5 Å². The van der Waals surface area contributed by atoms with E-state index in [1.807, 2.05) is 6.07 Å². The van der Waals surface area contributed by atoms with Gasteiger partial charge in [0.25, 0.3) is 0 Å². The Morgan fingerprint density at radius 1 is 0.500 bits per heavy atom. The highest BCUT2D eigenvalue weighted by molar-refractivity contribution is 6.37. The summed E-state index contributed by atoms with van der Waals surface area (Å²) in [5.74, 6) is 0. The quantitative estimate of drug-likeness (QED) is 0.206. The van der Waals surface area contributed by atoms with E-state index in [9.17, 15) is 0 Å². The summed E-state index contributed by atoms with van der Waals surface area (Å²) in [5.41, 5.74) is 9.84. The highest BCUT2D eigenvalue weighted by atomic mass is 35.5. The number of benzene rings is 6. The second-order valence-corrected chi connectivity index (χ2v) is 11.2. The van der Waals surface area contributed by atoms with Crippen LogP contribution < -0.4 is 0 Å². The van der Waals surface area contributed by atoms with Crippen molar-refractivity contribution in [3.63, 3.8) is 0 Å². The Labute approximate surface area is 242 Å². The smallest absolute Gasteiger partial charge is 0.0714 e. The Bertz CT molecular complexity index is 2080. The molecule has 3 heteroatoms. The van der Waals surface area contributed by atoms with Crippen molar-refractivity contribution in [1.29, 1.82) is 0 Å². The molecule has 0 bridgehead atoms. The van der Waals surface area contributed by atoms with Gasteiger partial charge < -0.3 is 4.57 Å². The molecule has 1 aliphatic carbocycles. The van der Waals surface area contributed by atoms with Gasteiger partial charge in [-0.25, -0.2) is 0 Å². The van der Waals surface area contributed by atoms with Gasteiger partial charge in [-0.05, 0) is 70.3 Å². The van der Waals surface area contributed by atoms with Crippen molar-refractivity contribution in [1.82, 2.24) is 4.57 Å². The minimum atomic E-state index is -0.578. The van der Waals surface area contributed by atoms with Crippen molar-refractivity contribution >= 4 is 45.0 Å². The molecule has 0 fully saturated rings. The maximum Gasteiger partial charge on any atom is 0.0714 e. The summed E-state index contributed by atoms with van der Waals surface area (Å²) in [6, 6.07) is 49.5. The Hall–Kier alpha value is -4.30. The summed E-state index contributed by atoms with van der Waals surface area (Å²) < 4.78 is 2.36. The van der Waals surface area contributed by atoms with Gasteiger partial charge in [-0.2, -0.15) is 0 Å². The average Bonchev–Trinajstić information content (AvgIpc) is 3.48. The summed E-state index contributed by atoms with van der Waals surface area (Å²) in [7, 11) is 0. The molecule has 0 N–H and O–H groups in total.